The van der Waals surface area contributed by atoms with Crippen LogP contribution in [0.25, 0.3) is 0 Å². The van der Waals surface area contributed by atoms with Gasteiger partial charge in [-0.2, -0.15) is 0 Å². The van der Waals surface area contributed by atoms with Gasteiger partial charge in [0, 0.05) is 26.6 Å². The number of hydrogen-bond acceptors (Lipinski definition) is 3. The summed E-state index contributed by atoms with van der Waals surface area (Å²) in [6.07, 6.45) is 4.28. The smallest absolute Gasteiger partial charge is 0.222 e. The standard InChI is InChI=1S/C12H22N2O2/c1-16-11-4-7-14(9-11)12(15)8-10-2-5-13-6-3-10/h10-11,13H,2-9H2,1H3/t11-/m1/s1. The number of piperidine rings is 1. The second-order valence-corrected chi connectivity index (χ2v) is 4.88. The molecule has 2 fully saturated rings. The highest BCUT2D eigenvalue weighted by molar-refractivity contribution is 5.76. The van der Waals surface area contributed by atoms with E-state index >= 15 is 0 Å². The molecule has 0 aromatic heterocycles. The maximum atomic E-state index is 12.0. The number of hydrogen-bond donors (Lipinski definition) is 1. The molecule has 0 aromatic carbocycles. The maximum absolute atomic E-state index is 12.0. The number of likely N-dealkylation sites (tertiary alicyclic amines) is 1. The van der Waals surface area contributed by atoms with Crippen LogP contribution >= 0.6 is 0 Å². The van der Waals surface area contributed by atoms with E-state index in [0.29, 0.717) is 11.8 Å². The van der Waals surface area contributed by atoms with Crippen molar-refractivity contribution < 1.29 is 9.53 Å². The van der Waals surface area contributed by atoms with E-state index in [1.165, 1.54) is 0 Å². The summed E-state index contributed by atoms with van der Waals surface area (Å²) in [5.74, 6) is 0.918. The van der Waals surface area contributed by atoms with Crippen LogP contribution in [-0.4, -0.2) is 50.2 Å². The molecule has 2 rings (SSSR count). The quantitative estimate of drug-likeness (QED) is 0.767. The Hall–Kier alpha value is -0.610. The van der Waals surface area contributed by atoms with Crippen LogP contribution in [0.5, 0.6) is 0 Å². The summed E-state index contributed by atoms with van der Waals surface area (Å²) in [7, 11) is 1.73. The Balaban J connectivity index is 1.75. The van der Waals surface area contributed by atoms with Gasteiger partial charge in [0.2, 0.25) is 5.91 Å². The number of nitrogens with one attached hydrogen (secondary N) is 1. The first-order valence-electron chi connectivity index (χ1n) is 6.31. The van der Waals surface area contributed by atoms with Crippen LogP contribution in [-0.2, 0) is 9.53 Å². The topological polar surface area (TPSA) is 41.6 Å². The highest BCUT2D eigenvalue weighted by Crippen LogP contribution is 2.20. The van der Waals surface area contributed by atoms with Crippen LogP contribution in [0.4, 0.5) is 0 Å². The van der Waals surface area contributed by atoms with Crippen LogP contribution in [0.15, 0.2) is 0 Å². The number of rotatable bonds is 3. The first-order chi connectivity index (χ1) is 7.79. The van der Waals surface area contributed by atoms with Crippen molar-refractivity contribution in [2.24, 2.45) is 5.92 Å². The van der Waals surface area contributed by atoms with Gasteiger partial charge in [-0.3, -0.25) is 4.79 Å². The first kappa shape index (κ1) is 11.9. The van der Waals surface area contributed by atoms with E-state index in [-0.39, 0.29) is 6.10 Å². The zero-order valence-electron chi connectivity index (χ0n) is 10.1. The summed E-state index contributed by atoms with van der Waals surface area (Å²) in [5.41, 5.74) is 0. The van der Waals surface area contributed by atoms with Crippen molar-refractivity contribution in [2.45, 2.75) is 31.8 Å². The summed E-state index contributed by atoms with van der Waals surface area (Å²) in [6.45, 7) is 3.81. The fraction of sp³-hybridized carbons (Fsp3) is 0.917. The van der Waals surface area contributed by atoms with Crippen LogP contribution in [0.2, 0.25) is 0 Å². The Bertz CT molecular complexity index is 239. The van der Waals surface area contributed by atoms with E-state index < -0.39 is 0 Å². The molecule has 2 heterocycles. The minimum absolute atomic E-state index is 0.261. The summed E-state index contributed by atoms with van der Waals surface area (Å²) >= 11 is 0. The molecule has 0 aromatic rings. The molecular formula is C12H22N2O2. The lowest BCUT2D eigenvalue weighted by molar-refractivity contribution is -0.131. The average Bonchev–Trinajstić information content (AvgIpc) is 2.79. The molecule has 1 amide bonds. The Kier molecular flexibility index (Phi) is 4.18. The van der Waals surface area contributed by atoms with Crippen molar-refractivity contribution in [3.63, 3.8) is 0 Å². The zero-order valence-corrected chi connectivity index (χ0v) is 10.1. The zero-order chi connectivity index (χ0) is 11.4. The van der Waals surface area contributed by atoms with E-state index in [9.17, 15) is 4.79 Å². The molecule has 1 N–H and O–H groups in total. The second kappa shape index (κ2) is 5.64. The van der Waals surface area contributed by atoms with Gasteiger partial charge in [0.05, 0.1) is 6.10 Å². The maximum Gasteiger partial charge on any atom is 0.222 e. The van der Waals surface area contributed by atoms with Crippen molar-refractivity contribution in [2.75, 3.05) is 33.3 Å². The minimum atomic E-state index is 0.261. The first-order valence-corrected chi connectivity index (χ1v) is 6.31. The van der Waals surface area contributed by atoms with E-state index in [2.05, 4.69) is 5.32 Å². The molecule has 0 unspecified atom stereocenters. The Labute approximate surface area is 97.3 Å². The lowest BCUT2D eigenvalue weighted by Gasteiger charge is -2.24. The monoisotopic (exact) mass is 226 g/mol. The van der Waals surface area contributed by atoms with Crippen LogP contribution < -0.4 is 5.32 Å². The SMILES string of the molecule is CO[C@@H]1CCN(C(=O)CC2CCNCC2)C1. The van der Waals surface area contributed by atoms with Crippen LogP contribution in [0.1, 0.15) is 25.7 Å². The average molecular weight is 226 g/mol. The van der Waals surface area contributed by atoms with Gasteiger partial charge in [0.25, 0.3) is 0 Å². The Morgan fingerprint density at radius 2 is 2.12 bits per heavy atom. The number of carbonyl (C=O) groups excluding carboxylic acids is 1. The molecule has 0 aliphatic carbocycles. The van der Waals surface area contributed by atoms with Crippen molar-refractivity contribution in [1.29, 1.82) is 0 Å². The normalized spacial score (nSPS) is 27.3. The third-order valence-electron chi connectivity index (χ3n) is 3.75. The van der Waals surface area contributed by atoms with Crippen molar-refractivity contribution >= 4 is 5.91 Å². The number of ether oxygens (including phenoxy) is 1. The number of amides is 1. The van der Waals surface area contributed by atoms with Crippen molar-refractivity contribution in [1.82, 2.24) is 10.2 Å². The number of methoxy groups -OCH3 is 1. The Morgan fingerprint density at radius 1 is 1.38 bits per heavy atom. The van der Waals surface area contributed by atoms with Gasteiger partial charge in [0.1, 0.15) is 0 Å². The number of nitrogens with zero attached hydrogens (tertiary/aromatic N) is 1. The molecular weight excluding hydrogens is 204 g/mol. The lowest BCUT2D eigenvalue weighted by atomic mass is 9.94. The largest absolute Gasteiger partial charge is 0.380 e. The van der Waals surface area contributed by atoms with Crippen molar-refractivity contribution in [3.8, 4) is 0 Å². The Morgan fingerprint density at radius 3 is 2.75 bits per heavy atom. The molecule has 1 atom stereocenters. The third kappa shape index (κ3) is 2.95. The van der Waals surface area contributed by atoms with Gasteiger partial charge in [0.15, 0.2) is 0 Å². The predicted molar refractivity (Wildman–Crippen MR) is 62.2 cm³/mol. The molecule has 4 nitrogen and oxygen atoms in total. The second-order valence-electron chi connectivity index (χ2n) is 4.88. The molecule has 2 aliphatic rings. The highest BCUT2D eigenvalue weighted by atomic mass is 16.5. The predicted octanol–water partition coefficient (Wildman–Crippen LogP) is 0.623. The summed E-state index contributed by atoms with van der Waals surface area (Å²) < 4.78 is 5.28. The molecule has 92 valence electrons. The van der Waals surface area contributed by atoms with Crippen LogP contribution in [0.3, 0.4) is 0 Å². The fourth-order valence-electron chi connectivity index (χ4n) is 2.61. The summed E-state index contributed by atoms with van der Waals surface area (Å²) in [5, 5.41) is 3.33. The molecule has 4 heteroatoms. The summed E-state index contributed by atoms with van der Waals surface area (Å²) in [6, 6.07) is 0. The fourth-order valence-corrected chi connectivity index (χ4v) is 2.61. The molecule has 2 aliphatic heterocycles. The molecule has 2 saturated heterocycles. The lowest BCUT2D eigenvalue weighted by Crippen LogP contribution is -2.34. The molecule has 0 spiro atoms. The van der Waals surface area contributed by atoms with Gasteiger partial charge in [-0.25, -0.2) is 0 Å². The molecule has 0 radical (unpaired) electrons. The third-order valence-corrected chi connectivity index (χ3v) is 3.75. The van der Waals surface area contributed by atoms with E-state index in [4.69, 9.17) is 4.74 Å². The molecule has 0 bridgehead atoms. The van der Waals surface area contributed by atoms with Gasteiger partial charge in [-0.15, -0.1) is 0 Å². The number of carbonyl (C=O) groups is 1. The molecule has 16 heavy (non-hydrogen) atoms. The van der Waals surface area contributed by atoms with Gasteiger partial charge >= 0.3 is 0 Å². The highest BCUT2D eigenvalue weighted by Gasteiger charge is 2.27. The van der Waals surface area contributed by atoms with Gasteiger partial charge in [-0.1, -0.05) is 0 Å². The molecule has 0 saturated carbocycles. The van der Waals surface area contributed by atoms with E-state index in [1.807, 2.05) is 4.90 Å². The van der Waals surface area contributed by atoms with Crippen molar-refractivity contribution in [3.05, 3.63) is 0 Å². The minimum Gasteiger partial charge on any atom is -0.380 e. The van der Waals surface area contributed by atoms with E-state index in [1.54, 1.807) is 7.11 Å². The van der Waals surface area contributed by atoms with Gasteiger partial charge < -0.3 is 15.0 Å². The van der Waals surface area contributed by atoms with E-state index in [0.717, 1.165) is 51.9 Å². The van der Waals surface area contributed by atoms with Crippen LogP contribution in [0, 0.1) is 5.92 Å². The summed E-state index contributed by atoms with van der Waals surface area (Å²) in [4.78, 5) is 14.0. The van der Waals surface area contributed by atoms with Gasteiger partial charge in [-0.05, 0) is 38.3 Å².